The number of amides is 2. The summed E-state index contributed by atoms with van der Waals surface area (Å²) in [6.07, 6.45) is 1.86. The lowest BCUT2D eigenvalue weighted by molar-refractivity contribution is 0.262. The third-order valence-electron chi connectivity index (χ3n) is 4.10. The first-order valence-corrected chi connectivity index (χ1v) is 11.1. The quantitative estimate of drug-likeness (QED) is 0.294. The molecule has 4 aromatic rings. The fraction of sp³-hybridized carbons (Fsp3) is 0.0526. The first-order valence-electron chi connectivity index (χ1n) is 8.69. The molecule has 0 aliphatic rings. The average Bonchev–Trinajstić information content (AvgIpc) is 3.31. The SMILES string of the molecule is Cn1cc(Br)c(-c2ccc(NC(=O)Nc3nnc(-c4cc(Cl)cc(Cl)c4O)s3)cc2)n1. The van der Waals surface area contributed by atoms with Crippen LogP contribution in [0.25, 0.3) is 21.8 Å². The summed E-state index contributed by atoms with van der Waals surface area (Å²) in [5.41, 5.74) is 2.65. The van der Waals surface area contributed by atoms with Crippen molar-refractivity contribution in [3.05, 3.63) is 57.1 Å². The van der Waals surface area contributed by atoms with Crippen LogP contribution in [0.1, 0.15) is 0 Å². The number of halogens is 3. The van der Waals surface area contributed by atoms with Crippen LogP contribution in [0.5, 0.6) is 5.75 Å². The molecule has 0 saturated heterocycles. The molecule has 0 spiro atoms. The van der Waals surface area contributed by atoms with Gasteiger partial charge in [0.2, 0.25) is 5.13 Å². The van der Waals surface area contributed by atoms with Gasteiger partial charge < -0.3 is 10.4 Å². The molecule has 158 valence electrons. The number of aryl methyl sites for hydroxylation is 1. The molecule has 0 radical (unpaired) electrons. The van der Waals surface area contributed by atoms with Gasteiger partial charge in [-0.05, 0) is 40.2 Å². The Hall–Kier alpha value is -2.66. The van der Waals surface area contributed by atoms with Crippen LogP contribution < -0.4 is 10.6 Å². The molecule has 0 bridgehead atoms. The number of aromatic nitrogens is 4. The number of carbonyl (C=O) groups is 1. The lowest BCUT2D eigenvalue weighted by Gasteiger charge is -2.06. The predicted octanol–water partition coefficient (Wildman–Crippen LogP) is 6.02. The van der Waals surface area contributed by atoms with Crippen LogP contribution in [0, 0.1) is 0 Å². The normalized spacial score (nSPS) is 10.8. The van der Waals surface area contributed by atoms with E-state index in [0.29, 0.717) is 21.3 Å². The number of benzene rings is 2. The Labute approximate surface area is 199 Å². The van der Waals surface area contributed by atoms with Gasteiger partial charge in [0.05, 0.1) is 15.1 Å². The first kappa shape index (κ1) is 21.6. The van der Waals surface area contributed by atoms with Crippen molar-refractivity contribution in [1.29, 1.82) is 0 Å². The molecular formula is C19H13BrCl2N6O2S. The van der Waals surface area contributed by atoms with Gasteiger partial charge in [0.1, 0.15) is 11.4 Å². The van der Waals surface area contributed by atoms with Gasteiger partial charge in [0.15, 0.2) is 5.01 Å². The van der Waals surface area contributed by atoms with Crippen molar-refractivity contribution in [3.63, 3.8) is 0 Å². The first-order chi connectivity index (χ1) is 14.8. The molecule has 0 fully saturated rings. The number of nitrogens with zero attached hydrogens (tertiary/aromatic N) is 4. The molecule has 4 rings (SSSR count). The Bertz CT molecular complexity index is 1280. The summed E-state index contributed by atoms with van der Waals surface area (Å²) in [5.74, 6) is -0.155. The molecule has 0 aliphatic carbocycles. The standard InChI is InChI=1S/C19H13BrCl2N6O2S/c1-28-8-13(20)15(27-28)9-2-4-11(5-3-9)23-18(30)24-19-26-25-17(31-19)12-6-10(21)7-14(22)16(12)29/h2-8,29H,1H3,(H2,23,24,26,30). The van der Waals surface area contributed by atoms with Crippen LogP contribution in [0.15, 0.2) is 47.1 Å². The number of hydrogen-bond donors (Lipinski definition) is 3. The summed E-state index contributed by atoms with van der Waals surface area (Å²) >= 11 is 16.5. The van der Waals surface area contributed by atoms with Crippen molar-refractivity contribution in [2.45, 2.75) is 0 Å². The smallest absolute Gasteiger partial charge is 0.325 e. The fourth-order valence-corrected chi connectivity index (χ4v) is 4.59. The summed E-state index contributed by atoms with van der Waals surface area (Å²) in [6, 6.07) is 9.72. The van der Waals surface area contributed by atoms with Gasteiger partial charge >= 0.3 is 6.03 Å². The molecule has 31 heavy (non-hydrogen) atoms. The fourth-order valence-electron chi connectivity index (χ4n) is 2.74. The highest BCUT2D eigenvalue weighted by Crippen LogP contribution is 2.39. The summed E-state index contributed by atoms with van der Waals surface area (Å²) in [7, 11) is 1.84. The van der Waals surface area contributed by atoms with Crippen molar-refractivity contribution >= 4 is 67.3 Å². The minimum absolute atomic E-state index is 0.103. The molecule has 3 N–H and O–H groups in total. The monoisotopic (exact) mass is 538 g/mol. The van der Waals surface area contributed by atoms with Gasteiger partial charge in [-0.2, -0.15) is 5.10 Å². The van der Waals surface area contributed by atoms with Crippen LogP contribution in [-0.4, -0.2) is 31.1 Å². The number of urea groups is 1. The molecule has 0 aliphatic heterocycles. The highest BCUT2D eigenvalue weighted by Gasteiger charge is 2.16. The molecule has 2 amide bonds. The van der Waals surface area contributed by atoms with Crippen molar-refractivity contribution < 1.29 is 9.90 Å². The van der Waals surface area contributed by atoms with Gasteiger partial charge in [-0.3, -0.25) is 10.00 Å². The minimum atomic E-state index is -0.484. The van der Waals surface area contributed by atoms with E-state index in [9.17, 15) is 9.90 Å². The molecule has 2 aromatic heterocycles. The Balaban J connectivity index is 1.43. The number of rotatable bonds is 4. The molecule has 2 heterocycles. The van der Waals surface area contributed by atoms with Crippen molar-refractivity contribution in [2.24, 2.45) is 7.05 Å². The van der Waals surface area contributed by atoms with Crippen molar-refractivity contribution in [2.75, 3.05) is 10.6 Å². The van der Waals surface area contributed by atoms with E-state index in [1.54, 1.807) is 16.8 Å². The van der Waals surface area contributed by atoms with Crippen LogP contribution in [-0.2, 0) is 7.05 Å². The van der Waals surface area contributed by atoms with E-state index >= 15 is 0 Å². The maximum absolute atomic E-state index is 12.3. The summed E-state index contributed by atoms with van der Waals surface area (Å²) in [5, 5.41) is 28.8. The second-order valence-electron chi connectivity index (χ2n) is 6.35. The molecule has 12 heteroatoms. The van der Waals surface area contributed by atoms with E-state index in [1.165, 1.54) is 12.1 Å². The highest BCUT2D eigenvalue weighted by atomic mass is 79.9. The zero-order chi connectivity index (χ0) is 22.1. The van der Waals surface area contributed by atoms with Gasteiger partial charge in [0.25, 0.3) is 0 Å². The lowest BCUT2D eigenvalue weighted by atomic mass is 10.1. The Morgan fingerprint density at radius 1 is 1.16 bits per heavy atom. The minimum Gasteiger partial charge on any atom is -0.506 e. The number of phenolic OH excluding ortho intramolecular Hbond substituents is 1. The number of carbonyl (C=O) groups excluding carboxylic acids is 1. The van der Waals surface area contributed by atoms with Crippen LogP contribution >= 0.6 is 50.5 Å². The number of aromatic hydroxyl groups is 1. The summed E-state index contributed by atoms with van der Waals surface area (Å²) < 4.78 is 2.60. The zero-order valence-electron chi connectivity index (χ0n) is 15.7. The highest BCUT2D eigenvalue weighted by molar-refractivity contribution is 9.10. The number of nitrogens with one attached hydrogen (secondary N) is 2. The summed E-state index contributed by atoms with van der Waals surface area (Å²) in [4.78, 5) is 12.3. The Morgan fingerprint density at radius 2 is 1.90 bits per heavy atom. The largest absolute Gasteiger partial charge is 0.506 e. The van der Waals surface area contributed by atoms with E-state index in [4.69, 9.17) is 23.2 Å². The molecule has 0 unspecified atom stereocenters. The van der Waals surface area contributed by atoms with Gasteiger partial charge in [-0.15, -0.1) is 10.2 Å². The lowest BCUT2D eigenvalue weighted by Crippen LogP contribution is -2.19. The molecule has 0 saturated carbocycles. The van der Waals surface area contributed by atoms with Gasteiger partial charge in [0, 0.05) is 29.5 Å². The van der Waals surface area contributed by atoms with E-state index in [1.807, 2.05) is 25.4 Å². The van der Waals surface area contributed by atoms with Crippen LogP contribution in [0.3, 0.4) is 0 Å². The van der Waals surface area contributed by atoms with Crippen LogP contribution in [0.4, 0.5) is 15.6 Å². The molecule has 2 aromatic carbocycles. The third kappa shape index (κ3) is 4.82. The number of phenols is 1. The average molecular weight is 540 g/mol. The predicted molar refractivity (Wildman–Crippen MR) is 126 cm³/mol. The molecule has 8 nitrogen and oxygen atoms in total. The summed E-state index contributed by atoms with van der Waals surface area (Å²) in [6.45, 7) is 0. The number of hydrogen-bond acceptors (Lipinski definition) is 6. The maximum atomic E-state index is 12.3. The second-order valence-corrected chi connectivity index (χ2v) is 9.03. The Kier molecular flexibility index (Phi) is 6.15. The Morgan fingerprint density at radius 3 is 2.58 bits per heavy atom. The van der Waals surface area contributed by atoms with Crippen molar-refractivity contribution in [3.8, 4) is 27.6 Å². The second kappa shape index (κ2) is 8.83. The van der Waals surface area contributed by atoms with Crippen molar-refractivity contribution in [1.82, 2.24) is 20.0 Å². The van der Waals surface area contributed by atoms with E-state index in [2.05, 4.69) is 41.9 Å². The third-order valence-corrected chi connectivity index (χ3v) is 6.06. The number of anilines is 2. The zero-order valence-corrected chi connectivity index (χ0v) is 19.6. The molecule has 0 atom stereocenters. The van der Waals surface area contributed by atoms with E-state index in [-0.39, 0.29) is 15.9 Å². The van der Waals surface area contributed by atoms with Gasteiger partial charge in [-0.25, -0.2) is 4.79 Å². The van der Waals surface area contributed by atoms with Gasteiger partial charge in [-0.1, -0.05) is 46.7 Å². The maximum Gasteiger partial charge on any atom is 0.325 e. The van der Waals surface area contributed by atoms with E-state index in [0.717, 1.165) is 27.1 Å². The molecular weight excluding hydrogens is 527 g/mol. The van der Waals surface area contributed by atoms with Crippen LogP contribution in [0.2, 0.25) is 10.0 Å². The topological polar surface area (TPSA) is 105 Å². The van der Waals surface area contributed by atoms with E-state index < -0.39 is 6.03 Å².